The Balaban J connectivity index is 1.35. The van der Waals surface area contributed by atoms with Crippen LogP contribution in [0.3, 0.4) is 0 Å². The molecule has 0 spiro atoms. The number of carbonyl (C=O) groups excluding carboxylic acids is 4. The van der Waals surface area contributed by atoms with Crippen LogP contribution in [0.15, 0.2) is 23.6 Å². The molecule has 0 bridgehead atoms. The molecule has 1 atom stereocenters. The van der Waals surface area contributed by atoms with Gasteiger partial charge in [0.1, 0.15) is 5.78 Å². The summed E-state index contributed by atoms with van der Waals surface area (Å²) in [5.74, 6) is -0.390. The summed E-state index contributed by atoms with van der Waals surface area (Å²) in [6.07, 6.45) is 1.44. The molecule has 0 unspecified atom stereocenters. The molecule has 1 aromatic heterocycles. The summed E-state index contributed by atoms with van der Waals surface area (Å²) >= 11 is 7.45. The summed E-state index contributed by atoms with van der Waals surface area (Å²) in [7, 11) is 0. The predicted octanol–water partition coefficient (Wildman–Crippen LogP) is 3.75. The van der Waals surface area contributed by atoms with Crippen LogP contribution in [-0.4, -0.2) is 34.4 Å². The highest BCUT2D eigenvalue weighted by molar-refractivity contribution is 7.12. The number of Topliss-reactive ketones (excluding diaryl/α,β-unsaturated/α-hetero) is 2. The zero-order valence-corrected chi connectivity index (χ0v) is 19.3. The number of hydrogen-bond donors (Lipinski definition) is 2. The summed E-state index contributed by atoms with van der Waals surface area (Å²) in [4.78, 5) is 51.5. The number of nitrogens with one attached hydrogen (secondary N) is 2. The quantitative estimate of drug-likeness (QED) is 0.510. The number of carbonyl (C=O) groups is 4. The number of urea groups is 1. The molecule has 0 radical (unpaired) electrons. The zero-order valence-electron chi connectivity index (χ0n) is 17.7. The number of benzene rings is 1. The van der Waals surface area contributed by atoms with E-state index in [1.54, 1.807) is 4.90 Å². The fourth-order valence-corrected chi connectivity index (χ4v) is 5.34. The maximum Gasteiger partial charge on any atom is 0.315 e. The molecular formula is C23H24ClN3O4S. The number of aryl methyl sites for hydroxylation is 1. The maximum atomic E-state index is 12.9. The Morgan fingerprint density at radius 3 is 2.78 bits per heavy atom. The van der Waals surface area contributed by atoms with Crippen molar-refractivity contribution in [1.82, 2.24) is 15.5 Å². The van der Waals surface area contributed by atoms with E-state index in [1.807, 2.05) is 30.5 Å². The first-order valence-electron chi connectivity index (χ1n) is 10.5. The van der Waals surface area contributed by atoms with Crippen LogP contribution in [0, 0.1) is 6.92 Å². The number of amides is 3. The van der Waals surface area contributed by atoms with Gasteiger partial charge in [0, 0.05) is 36.6 Å². The van der Waals surface area contributed by atoms with Gasteiger partial charge in [0.15, 0.2) is 5.78 Å². The summed E-state index contributed by atoms with van der Waals surface area (Å²) < 4.78 is 0. The summed E-state index contributed by atoms with van der Waals surface area (Å²) in [6.45, 7) is 2.89. The van der Waals surface area contributed by atoms with E-state index in [-0.39, 0.29) is 36.5 Å². The minimum atomic E-state index is -0.543. The molecule has 2 aliphatic rings. The minimum Gasteiger partial charge on any atom is -0.334 e. The number of fused-ring (bicyclic) bond motifs is 1. The molecule has 1 saturated carbocycles. The van der Waals surface area contributed by atoms with Crippen molar-refractivity contribution >= 4 is 46.4 Å². The van der Waals surface area contributed by atoms with Crippen LogP contribution in [-0.2, 0) is 29.2 Å². The first-order valence-corrected chi connectivity index (χ1v) is 11.8. The Morgan fingerprint density at radius 1 is 1.22 bits per heavy atom. The number of thiophene rings is 1. The summed E-state index contributed by atoms with van der Waals surface area (Å²) in [5.41, 5.74) is 3.60. The van der Waals surface area contributed by atoms with Crippen LogP contribution >= 0.6 is 22.9 Å². The summed E-state index contributed by atoms with van der Waals surface area (Å²) in [5, 5.41) is 8.16. The molecule has 1 aromatic carbocycles. The minimum absolute atomic E-state index is 0.0530. The van der Waals surface area contributed by atoms with Crippen molar-refractivity contribution in [3.05, 3.63) is 55.7 Å². The van der Waals surface area contributed by atoms with Gasteiger partial charge in [-0.2, -0.15) is 0 Å². The average Bonchev–Trinajstić information content (AvgIpc) is 3.24. The molecule has 1 aliphatic heterocycles. The van der Waals surface area contributed by atoms with Gasteiger partial charge in [0.2, 0.25) is 0 Å². The first-order chi connectivity index (χ1) is 15.3. The van der Waals surface area contributed by atoms with Crippen LogP contribution < -0.4 is 10.6 Å². The van der Waals surface area contributed by atoms with Gasteiger partial charge in [-0.05, 0) is 47.9 Å². The highest BCUT2D eigenvalue weighted by Crippen LogP contribution is 2.34. The number of halogens is 1. The van der Waals surface area contributed by atoms with Crippen molar-refractivity contribution in [2.75, 3.05) is 0 Å². The van der Waals surface area contributed by atoms with E-state index in [1.165, 1.54) is 11.3 Å². The van der Waals surface area contributed by atoms with Crippen LogP contribution in [0.5, 0.6) is 0 Å². The van der Waals surface area contributed by atoms with Crippen molar-refractivity contribution in [2.45, 2.75) is 58.3 Å². The van der Waals surface area contributed by atoms with Crippen molar-refractivity contribution in [2.24, 2.45) is 0 Å². The van der Waals surface area contributed by atoms with E-state index in [0.29, 0.717) is 42.3 Å². The Labute approximate surface area is 195 Å². The van der Waals surface area contributed by atoms with Gasteiger partial charge >= 0.3 is 6.03 Å². The molecule has 32 heavy (non-hydrogen) atoms. The highest BCUT2D eigenvalue weighted by atomic mass is 35.5. The topological polar surface area (TPSA) is 95.6 Å². The smallest absolute Gasteiger partial charge is 0.315 e. The molecule has 0 saturated heterocycles. The molecule has 1 fully saturated rings. The standard InChI is InChI=1S/C23H24ClN3O4S/c1-13-5-6-14(7-18(13)24)9-25-23(31)26-10-15-12-32-21-17(15)11-27(22(21)30)19-4-2-3-16(28)8-20(19)29/h5-7,12,19H,2-4,8-11H2,1H3,(H2,25,26,31)/t19-/m0/s1. The molecular weight excluding hydrogens is 450 g/mol. The van der Waals surface area contributed by atoms with Crippen molar-refractivity contribution in [1.29, 1.82) is 0 Å². The molecule has 4 rings (SSSR count). The molecule has 168 valence electrons. The van der Waals surface area contributed by atoms with E-state index < -0.39 is 6.04 Å². The van der Waals surface area contributed by atoms with Gasteiger partial charge in [0.25, 0.3) is 5.91 Å². The van der Waals surface area contributed by atoms with Crippen LogP contribution in [0.25, 0.3) is 0 Å². The number of rotatable bonds is 5. The van der Waals surface area contributed by atoms with Gasteiger partial charge in [-0.1, -0.05) is 23.7 Å². The number of hydrogen-bond acceptors (Lipinski definition) is 5. The van der Waals surface area contributed by atoms with Crippen molar-refractivity contribution in [3.63, 3.8) is 0 Å². The van der Waals surface area contributed by atoms with Crippen molar-refractivity contribution < 1.29 is 19.2 Å². The first kappa shape index (κ1) is 22.5. The predicted molar refractivity (Wildman–Crippen MR) is 122 cm³/mol. The molecule has 1 aliphatic carbocycles. The van der Waals surface area contributed by atoms with Gasteiger partial charge < -0.3 is 15.5 Å². The highest BCUT2D eigenvalue weighted by Gasteiger charge is 2.39. The van der Waals surface area contributed by atoms with E-state index in [9.17, 15) is 19.2 Å². The molecule has 2 N–H and O–H groups in total. The third kappa shape index (κ3) is 4.71. The lowest BCUT2D eigenvalue weighted by molar-refractivity contribution is -0.128. The van der Waals surface area contributed by atoms with E-state index in [0.717, 1.165) is 22.3 Å². The molecule has 3 amide bonds. The monoisotopic (exact) mass is 473 g/mol. The molecule has 9 heteroatoms. The van der Waals surface area contributed by atoms with Crippen LogP contribution in [0.2, 0.25) is 5.02 Å². The van der Waals surface area contributed by atoms with Gasteiger partial charge in [-0.25, -0.2) is 4.79 Å². The van der Waals surface area contributed by atoms with E-state index in [4.69, 9.17) is 11.6 Å². The zero-order chi connectivity index (χ0) is 22.8. The lowest BCUT2D eigenvalue weighted by atomic mass is 10.1. The third-order valence-corrected chi connectivity index (χ3v) is 7.41. The fourth-order valence-electron chi connectivity index (χ4n) is 4.09. The normalized spacial score (nSPS) is 18.5. The second kappa shape index (κ2) is 9.42. The summed E-state index contributed by atoms with van der Waals surface area (Å²) in [6, 6.07) is 4.78. The molecule has 2 aromatic rings. The van der Waals surface area contributed by atoms with Gasteiger partial charge in [-0.3, -0.25) is 14.4 Å². The van der Waals surface area contributed by atoms with Crippen LogP contribution in [0.4, 0.5) is 4.79 Å². The van der Waals surface area contributed by atoms with Crippen LogP contribution in [0.1, 0.15) is 57.6 Å². The Hall–Kier alpha value is -2.71. The van der Waals surface area contributed by atoms with Gasteiger partial charge in [-0.15, -0.1) is 11.3 Å². The van der Waals surface area contributed by atoms with E-state index >= 15 is 0 Å². The number of nitrogens with zero attached hydrogens (tertiary/aromatic N) is 1. The van der Waals surface area contributed by atoms with Gasteiger partial charge in [0.05, 0.1) is 17.3 Å². The second-order valence-electron chi connectivity index (χ2n) is 8.21. The van der Waals surface area contributed by atoms with E-state index in [2.05, 4.69) is 10.6 Å². The average molecular weight is 474 g/mol. The fraction of sp³-hybridized carbons (Fsp3) is 0.391. The molecule has 2 heterocycles. The Bertz CT molecular complexity index is 1100. The lowest BCUT2D eigenvalue weighted by Gasteiger charge is -2.25. The molecule has 7 nitrogen and oxygen atoms in total. The van der Waals surface area contributed by atoms with Crippen molar-refractivity contribution in [3.8, 4) is 0 Å². The number of ketones is 2. The Morgan fingerprint density at radius 2 is 2.00 bits per heavy atom. The third-order valence-electron chi connectivity index (χ3n) is 5.95. The Kier molecular flexibility index (Phi) is 6.62. The SMILES string of the molecule is Cc1ccc(CNC(=O)NCc2csc3c2CN([C@H]2CCCC(=O)CC2=O)C3=O)cc1Cl. The lowest BCUT2D eigenvalue weighted by Crippen LogP contribution is -2.41. The maximum absolute atomic E-state index is 12.9. The largest absolute Gasteiger partial charge is 0.334 e. The second-order valence-corrected chi connectivity index (χ2v) is 9.50.